The summed E-state index contributed by atoms with van der Waals surface area (Å²) in [6, 6.07) is 3.41. The van der Waals surface area contributed by atoms with Gasteiger partial charge in [0.15, 0.2) is 0 Å². The summed E-state index contributed by atoms with van der Waals surface area (Å²) < 4.78 is 39.5. The van der Waals surface area contributed by atoms with Crippen LogP contribution in [0.15, 0.2) is 18.2 Å². The maximum atomic E-state index is 12.5. The number of fused-ring (bicyclic) bond motifs is 1. The number of nitrogens with one attached hydrogen (secondary N) is 1. The van der Waals surface area contributed by atoms with Gasteiger partial charge in [0, 0.05) is 6.07 Å². The Labute approximate surface area is 93.2 Å². The van der Waals surface area contributed by atoms with E-state index in [9.17, 15) is 18.1 Å². The minimum Gasteiger partial charge on any atom is -0.166 e. The summed E-state index contributed by atoms with van der Waals surface area (Å²) in [5, 5.41) is 2.50. The van der Waals surface area contributed by atoms with Crippen molar-refractivity contribution in [2.75, 3.05) is 0 Å². The molecular formula is C10H9F3N3O+. The van der Waals surface area contributed by atoms with Gasteiger partial charge in [0.25, 0.3) is 0 Å². The Bertz CT molecular complexity index is 636. The summed E-state index contributed by atoms with van der Waals surface area (Å²) in [6.45, 7) is 0. The number of halogens is 3. The van der Waals surface area contributed by atoms with E-state index in [4.69, 9.17) is 0 Å². The molecule has 90 valence electrons. The molecule has 0 atom stereocenters. The van der Waals surface area contributed by atoms with E-state index >= 15 is 0 Å². The van der Waals surface area contributed by atoms with Crippen LogP contribution in [-0.4, -0.2) is 9.90 Å². The minimum atomic E-state index is -4.43. The van der Waals surface area contributed by atoms with Crippen molar-refractivity contribution < 1.29 is 17.7 Å². The monoisotopic (exact) mass is 244 g/mol. The first-order chi connectivity index (χ1) is 7.97. The van der Waals surface area contributed by atoms with Crippen LogP contribution in [0.3, 0.4) is 0 Å². The van der Waals surface area contributed by atoms with Gasteiger partial charge in [-0.05, 0) is 29.9 Å². The third-order valence-electron chi connectivity index (χ3n) is 2.89. The number of hydrogen-bond donors (Lipinski definition) is 1. The molecule has 1 aliphatic carbocycles. The number of nitrogens with zero attached hydrogens (tertiary/aromatic N) is 2. The maximum Gasteiger partial charge on any atom is 0.416 e. The molecule has 7 heteroatoms. The molecule has 1 aliphatic rings. The largest absolute Gasteiger partial charge is 0.416 e. The molecule has 0 saturated heterocycles. The van der Waals surface area contributed by atoms with Crippen molar-refractivity contribution in [3.63, 3.8) is 0 Å². The minimum absolute atomic E-state index is 0.0201. The molecule has 1 aromatic carbocycles. The second-order valence-electron chi connectivity index (χ2n) is 4.20. The van der Waals surface area contributed by atoms with E-state index in [1.165, 1.54) is 6.07 Å². The SMILES string of the molecule is O=[n+]1[nH]n(C2CC2)c2ccc(C(F)(F)F)cc21. The zero-order valence-electron chi connectivity index (χ0n) is 8.66. The van der Waals surface area contributed by atoms with Gasteiger partial charge in [-0.2, -0.15) is 17.9 Å². The van der Waals surface area contributed by atoms with Gasteiger partial charge < -0.3 is 0 Å². The van der Waals surface area contributed by atoms with Gasteiger partial charge in [-0.25, -0.2) is 0 Å². The van der Waals surface area contributed by atoms with Crippen molar-refractivity contribution in [3.8, 4) is 0 Å². The molecule has 0 amide bonds. The first kappa shape index (κ1) is 10.4. The number of rotatable bonds is 1. The van der Waals surface area contributed by atoms with Gasteiger partial charge in [0.2, 0.25) is 11.0 Å². The summed E-state index contributed by atoms with van der Waals surface area (Å²) in [6.07, 6.45) is -2.54. The zero-order chi connectivity index (χ0) is 12.2. The fourth-order valence-electron chi connectivity index (χ4n) is 1.88. The molecule has 0 unspecified atom stereocenters. The number of alkyl halides is 3. The van der Waals surface area contributed by atoms with E-state index in [0.29, 0.717) is 10.1 Å². The Morgan fingerprint density at radius 2 is 2.06 bits per heavy atom. The highest BCUT2D eigenvalue weighted by Crippen LogP contribution is 2.36. The topological polar surface area (TPSA) is 43.7 Å². The normalized spacial score (nSPS) is 16.6. The molecule has 0 spiro atoms. The van der Waals surface area contributed by atoms with Gasteiger partial charge in [0.05, 0.1) is 10.1 Å². The highest BCUT2D eigenvalue weighted by Gasteiger charge is 2.35. The molecule has 1 fully saturated rings. The second-order valence-corrected chi connectivity index (χ2v) is 4.20. The van der Waals surface area contributed by atoms with E-state index in [0.717, 1.165) is 25.0 Å². The van der Waals surface area contributed by atoms with Crippen LogP contribution in [0.5, 0.6) is 0 Å². The van der Waals surface area contributed by atoms with E-state index in [1.807, 2.05) is 0 Å². The van der Waals surface area contributed by atoms with Gasteiger partial charge >= 0.3 is 6.18 Å². The van der Waals surface area contributed by atoms with Crippen LogP contribution in [0.2, 0.25) is 0 Å². The van der Waals surface area contributed by atoms with E-state index in [-0.39, 0.29) is 11.6 Å². The highest BCUT2D eigenvalue weighted by atomic mass is 19.4. The number of H-pyrrole nitrogens is 1. The van der Waals surface area contributed by atoms with Crippen LogP contribution in [0.4, 0.5) is 13.2 Å². The first-order valence-corrected chi connectivity index (χ1v) is 5.21. The lowest BCUT2D eigenvalue weighted by Gasteiger charge is -2.04. The molecule has 0 radical (unpaired) electrons. The van der Waals surface area contributed by atoms with Crippen molar-refractivity contribution in [3.05, 3.63) is 28.7 Å². The molecule has 1 heterocycles. The van der Waals surface area contributed by atoms with Gasteiger partial charge in [-0.1, -0.05) is 5.21 Å². The molecule has 1 aromatic heterocycles. The highest BCUT2D eigenvalue weighted by molar-refractivity contribution is 5.72. The summed E-state index contributed by atoms with van der Waals surface area (Å²) in [4.78, 5) is 11.5. The van der Waals surface area contributed by atoms with Crippen molar-refractivity contribution in [2.45, 2.75) is 25.1 Å². The summed E-state index contributed by atoms with van der Waals surface area (Å²) >= 11 is 0. The average Bonchev–Trinajstić information content (AvgIpc) is 3.03. The maximum absolute atomic E-state index is 12.5. The van der Waals surface area contributed by atoms with E-state index in [2.05, 4.69) is 5.21 Å². The summed E-state index contributed by atoms with van der Waals surface area (Å²) in [5.74, 6) is 0. The fraction of sp³-hybridized carbons (Fsp3) is 0.400. The molecule has 4 nitrogen and oxygen atoms in total. The molecule has 0 aliphatic heterocycles. The number of hydrogen-bond acceptors (Lipinski definition) is 1. The predicted octanol–water partition coefficient (Wildman–Crippen LogP) is 2.24. The molecule has 1 N–H and O–H groups in total. The predicted molar refractivity (Wildman–Crippen MR) is 52.9 cm³/mol. The number of aromatic nitrogens is 3. The van der Waals surface area contributed by atoms with Crippen LogP contribution >= 0.6 is 0 Å². The Kier molecular flexibility index (Phi) is 1.90. The first-order valence-electron chi connectivity index (χ1n) is 5.21. The molecule has 17 heavy (non-hydrogen) atoms. The van der Waals surface area contributed by atoms with Crippen LogP contribution in [0.25, 0.3) is 11.0 Å². The van der Waals surface area contributed by atoms with Crippen LogP contribution < -0.4 is 4.54 Å². The molecule has 0 bridgehead atoms. The van der Waals surface area contributed by atoms with Crippen molar-refractivity contribution in [1.82, 2.24) is 9.90 Å². The molecule has 2 aromatic rings. The number of aromatic amines is 1. The van der Waals surface area contributed by atoms with Gasteiger partial charge in [0.1, 0.15) is 6.04 Å². The van der Waals surface area contributed by atoms with Crippen LogP contribution in [-0.2, 0) is 6.18 Å². The lowest BCUT2D eigenvalue weighted by Crippen LogP contribution is -2.17. The summed E-state index contributed by atoms with van der Waals surface area (Å²) in [5.41, 5.74) is -0.279. The molecular weight excluding hydrogens is 235 g/mol. The van der Waals surface area contributed by atoms with Gasteiger partial charge in [-0.15, -0.1) is 0 Å². The van der Waals surface area contributed by atoms with Crippen LogP contribution in [0.1, 0.15) is 24.4 Å². The standard InChI is InChI=1S/C10H9F3N3O/c11-10(12,13)6-1-4-8-9(5-6)16(17)14-15(8)7-2-3-7/h1,4-5,7H,2-3H2,(H,14,17)/q+1. The third kappa shape index (κ3) is 1.62. The average molecular weight is 244 g/mol. The quantitative estimate of drug-likeness (QED) is 0.768. The smallest absolute Gasteiger partial charge is 0.166 e. The van der Waals surface area contributed by atoms with E-state index < -0.39 is 11.7 Å². The Morgan fingerprint density at radius 3 is 2.65 bits per heavy atom. The third-order valence-corrected chi connectivity index (χ3v) is 2.89. The Balaban J connectivity index is 2.23. The van der Waals surface area contributed by atoms with Crippen molar-refractivity contribution >= 4 is 11.0 Å². The van der Waals surface area contributed by atoms with Gasteiger partial charge in [-0.3, -0.25) is 0 Å². The number of benzene rings is 1. The fourth-order valence-corrected chi connectivity index (χ4v) is 1.88. The lowest BCUT2D eigenvalue weighted by atomic mass is 10.2. The zero-order valence-corrected chi connectivity index (χ0v) is 8.66. The Morgan fingerprint density at radius 1 is 1.35 bits per heavy atom. The van der Waals surface area contributed by atoms with Crippen molar-refractivity contribution in [1.29, 1.82) is 0 Å². The Hall–Kier alpha value is -1.79. The molecule has 3 rings (SSSR count). The van der Waals surface area contributed by atoms with Crippen LogP contribution in [0, 0.1) is 4.91 Å². The van der Waals surface area contributed by atoms with E-state index in [1.54, 1.807) is 4.68 Å². The van der Waals surface area contributed by atoms with Crippen molar-refractivity contribution in [2.24, 2.45) is 0 Å². The summed E-state index contributed by atoms with van der Waals surface area (Å²) in [7, 11) is 0. The second kappa shape index (κ2) is 3.12. The molecule has 1 saturated carbocycles. The lowest BCUT2D eigenvalue weighted by molar-refractivity contribution is -0.541.